The van der Waals surface area contributed by atoms with Gasteiger partial charge in [-0.05, 0) is 0 Å². The third-order valence-corrected chi connectivity index (χ3v) is 3.86. The van der Waals surface area contributed by atoms with Crippen LogP contribution in [0.2, 0.25) is 0 Å². The van der Waals surface area contributed by atoms with Crippen molar-refractivity contribution in [3.8, 4) is 0 Å². The molecule has 0 unspecified atom stereocenters. The average Bonchev–Trinajstić information content (AvgIpc) is 2.62. The molecule has 1 aliphatic heterocycles. The summed E-state index contributed by atoms with van der Waals surface area (Å²) in [6.07, 6.45) is -7.76. The summed E-state index contributed by atoms with van der Waals surface area (Å²) in [5.74, 6) is -5.08. The molecule has 1 amide bonds. The number of amides is 1. The van der Waals surface area contributed by atoms with Gasteiger partial charge in [-0.15, -0.1) is 0 Å². The van der Waals surface area contributed by atoms with Gasteiger partial charge >= 0.3 is 29.8 Å². The zero-order valence-electron chi connectivity index (χ0n) is 17.4. The number of nitrogens with one attached hydrogen (secondary N) is 1. The van der Waals surface area contributed by atoms with Gasteiger partial charge in [-0.3, -0.25) is 28.8 Å². The quantitative estimate of drug-likeness (QED) is 0.327. The molecule has 2 N–H and O–H groups in total. The Morgan fingerprint density at radius 2 is 1.29 bits per heavy atom. The van der Waals surface area contributed by atoms with Gasteiger partial charge < -0.3 is 34.1 Å². The Morgan fingerprint density at radius 1 is 0.774 bits per heavy atom. The number of carboxylic acid groups (broad SMARTS) is 1. The molecule has 0 saturated carbocycles. The molecule has 1 fully saturated rings. The van der Waals surface area contributed by atoms with Crippen LogP contribution in [-0.4, -0.2) is 78.1 Å². The van der Waals surface area contributed by atoms with E-state index in [1.54, 1.807) is 0 Å². The predicted molar refractivity (Wildman–Crippen MR) is 97.0 cm³/mol. The highest BCUT2D eigenvalue weighted by Gasteiger charge is 2.52. The summed E-state index contributed by atoms with van der Waals surface area (Å²) in [6, 6.07) is 0. The van der Waals surface area contributed by atoms with Crippen LogP contribution in [-0.2, 0) is 52.5 Å². The molecule has 0 radical (unpaired) electrons. The maximum absolute atomic E-state index is 12.1. The Hall–Kier alpha value is -3.22. The smallest absolute Gasteiger partial charge is 0.303 e. The normalized spacial score (nSPS) is 25.0. The van der Waals surface area contributed by atoms with Gasteiger partial charge in [0.15, 0.2) is 24.5 Å². The lowest BCUT2D eigenvalue weighted by molar-refractivity contribution is -0.257. The lowest BCUT2D eigenvalue weighted by atomic mass is 9.97. The Kier molecular flexibility index (Phi) is 9.86. The van der Waals surface area contributed by atoms with Crippen LogP contribution >= 0.6 is 0 Å². The zero-order valence-corrected chi connectivity index (χ0v) is 17.4. The summed E-state index contributed by atoms with van der Waals surface area (Å²) in [5.41, 5.74) is 0. The van der Waals surface area contributed by atoms with Gasteiger partial charge in [0.25, 0.3) is 0 Å². The van der Waals surface area contributed by atoms with Gasteiger partial charge in [0, 0.05) is 34.1 Å². The summed E-state index contributed by atoms with van der Waals surface area (Å²) in [7, 11) is 0. The number of esters is 4. The molecule has 13 heteroatoms. The second-order valence-electron chi connectivity index (χ2n) is 6.58. The van der Waals surface area contributed by atoms with E-state index in [1.807, 2.05) is 0 Å². The van der Waals surface area contributed by atoms with Crippen LogP contribution < -0.4 is 5.32 Å². The van der Waals surface area contributed by atoms with Crippen LogP contribution in [0.15, 0.2) is 0 Å². The molecule has 1 rings (SSSR count). The summed E-state index contributed by atoms with van der Waals surface area (Å²) in [6.45, 7) is 3.88. The molecular weight excluding hydrogens is 422 g/mol. The van der Waals surface area contributed by atoms with Crippen molar-refractivity contribution in [3.05, 3.63) is 0 Å². The van der Waals surface area contributed by atoms with E-state index in [9.17, 15) is 28.8 Å². The summed E-state index contributed by atoms with van der Waals surface area (Å²) in [5, 5.41) is 11.1. The van der Waals surface area contributed by atoms with Crippen LogP contribution in [0.5, 0.6) is 0 Å². The molecular formula is C18H25NO12. The Bertz CT molecular complexity index is 720. The van der Waals surface area contributed by atoms with Crippen molar-refractivity contribution in [2.45, 2.75) is 71.2 Å². The molecule has 1 heterocycles. The van der Waals surface area contributed by atoms with E-state index >= 15 is 0 Å². The van der Waals surface area contributed by atoms with Crippen LogP contribution in [0.1, 0.15) is 40.5 Å². The fourth-order valence-electron chi connectivity index (χ4n) is 2.80. The molecule has 0 aliphatic carbocycles. The summed E-state index contributed by atoms with van der Waals surface area (Å²) < 4.78 is 26.1. The van der Waals surface area contributed by atoms with Crippen molar-refractivity contribution in [2.75, 3.05) is 6.61 Å². The highest BCUT2D eigenvalue weighted by atomic mass is 16.7. The van der Waals surface area contributed by atoms with Crippen molar-refractivity contribution in [1.82, 2.24) is 5.32 Å². The van der Waals surface area contributed by atoms with Crippen molar-refractivity contribution in [1.29, 1.82) is 0 Å². The van der Waals surface area contributed by atoms with Crippen LogP contribution in [0, 0.1) is 0 Å². The van der Waals surface area contributed by atoms with E-state index in [0.29, 0.717) is 0 Å². The van der Waals surface area contributed by atoms with Crippen molar-refractivity contribution in [3.63, 3.8) is 0 Å². The molecule has 0 aromatic heterocycles. The highest BCUT2D eigenvalue weighted by Crippen LogP contribution is 2.28. The van der Waals surface area contributed by atoms with Gasteiger partial charge in [-0.25, -0.2) is 0 Å². The Labute approximate surface area is 177 Å². The third kappa shape index (κ3) is 8.99. The van der Waals surface area contributed by atoms with Crippen LogP contribution in [0.25, 0.3) is 0 Å². The SMILES string of the molecule is CC(=O)OC[C@H]1O[C@@H](NC(=O)CCC(=O)O)[C@@H](OC(C)=O)[C@@H](OC(C)=O)[C@@H]1OC(C)=O. The standard InChI is InChI=1S/C18H25NO12/c1-8(20)27-7-12-15(28-9(2)21)16(29-10(3)22)17(30-11(4)23)18(31-12)19-13(24)5-6-14(25)26/h12,15-18H,5-7H2,1-4H3,(H,19,24)(H,25,26)/t12-,15-,16+,17+,18-/m1/s1. The maximum Gasteiger partial charge on any atom is 0.303 e. The van der Waals surface area contributed by atoms with Gasteiger partial charge in [-0.2, -0.15) is 0 Å². The number of rotatable bonds is 9. The number of carbonyl (C=O) groups excluding carboxylic acids is 5. The molecule has 0 spiro atoms. The lowest BCUT2D eigenvalue weighted by Crippen LogP contribution is -2.66. The first-order chi connectivity index (χ1) is 14.4. The number of hydrogen-bond acceptors (Lipinski definition) is 11. The fraction of sp³-hybridized carbons (Fsp3) is 0.667. The van der Waals surface area contributed by atoms with E-state index in [1.165, 1.54) is 0 Å². The Morgan fingerprint density at radius 3 is 1.77 bits per heavy atom. The van der Waals surface area contributed by atoms with Crippen molar-refractivity contribution in [2.24, 2.45) is 0 Å². The summed E-state index contributed by atoms with van der Waals surface area (Å²) >= 11 is 0. The van der Waals surface area contributed by atoms with Crippen LogP contribution in [0.4, 0.5) is 0 Å². The fourth-order valence-corrected chi connectivity index (χ4v) is 2.80. The van der Waals surface area contributed by atoms with E-state index in [2.05, 4.69) is 5.32 Å². The van der Waals surface area contributed by atoms with Crippen molar-refractivity contribution >= 4 is 35.8 Å². The minimum absolute atomic E-state index is 0.414. The molecule has 5 atom stereocenters. The first kappa shape index (κ1) is 25.8. The van der Waals surface area contributed by atoms with E-state index < -0.39 is 85.8 Å². The van der Waals surface area contributed by atoms with Gasteiger partial charge in [0.1, 0.15) is 12.7 Å². The van der Waals surface area contributed by atoms with Crippen molar-refractivity contribution < 1.29 is 57.6 Å². The molecule has 174 valence electrons. The number of aliphatic carboxylic acids is 1. The monoisotopic (exact) mass is 447 g/mol. The Balaban J connectivity index is 3.27. The first-order valence-corrected chi connectivity index (χ1v) is 9.22. The zero-order chi connectivity index (χ0) is 23.7. The largest absolute Gasteiger partial charge is 0.481 e. The van der Waals surface area contributed by atoms with Crippen LogP contribution in [0.3, 0.4) is 0 Å². The second-order valence-corrected chi connectivity index (χ2v) is 6.58. The second kappa shape index (κ2) is 11.8. The van der Waals surface area contributed by atoms with Gasteiger partial charge in [0.05, 0.1) is 6.42 Å². The molecule has 31 heavy (non-hydrogen) atoms. The minimum atomic E-state index is -1.45. The summed E-state index contributed by atoms with van der Waals surface area (Å²) in [4.78, 5) is 69.0. The number of hydrogen-bond donors (Lipinski definition) is 2. The van der Waals surface area contributed by atoms with Gasteiger partial charge in [-0.1, -0.05) is 0 Å². The maximum atomic E-state index is 12.1. The van der Waals surface area contributed by atoms with Gasteiger partial charge in [0.2, 0.25) is 5.91 Å². The first-order valence-electron chi connectivity index (χ1n) is 9.22. The average molecular weight is 447 g/mol. The van der Waals surface area contributed by atoms with E-state index in [4.69, 9.17) is 28.8 Å². The molecule has 0 aromatic rings. The number of carbonyl (C=O) groups is 6. The number of carboxylic acids is 1. The molecule has 1 aliphatic rings. The third-order valence-electron chi connectivity index (χ3n) is 3.86. The molecule has 0 bridgehead atoms. The predicted octanol–water partition coefficient (Wildman–Crippen LogP) is -0.949. The molecule has 13 nitrogen and oxygen atoms in total. The minimum Gasteiger partial charge on any atom is -0.481 e. The van der Waals surface area contributed by atoms with E-state index in [-0.39, 0.29) is 0 Å². The molecule has 1 saturated heterocycles. The lowest BCUT2D eigenvalue weighted by Gasteiger charge is -2.44. The number of ether oxygens (including phenoxy) is 5. The van der Waals surface area contributed by atoms with E-state index in [0.717, 1.165) is 27.7 Å². The molecule has 0 aromatic carbocycles. The topological polar surface area (TPSA) is 181 Å². The highest BCUT2D eigenvalue weighted by molar-refractivity contribution is 5.80.